The summed E-state index contributed by atoms with van der Waals surface area (Å²) >= 11 is 0. The molecule has 3 heteroatoms. The summed E-state index contributed by atoms with van der Waals surface area (Å²) in [7, 11) is 0. The number of hydrogen-bond acceptors (Lipinski definition) is 2. The van der Waals surface area contributed by atoms with Crippen LogP contribution in [0.1, 0.15) is 27.7 Å². The second kappa shape index (κ2) is 10.6. The molecule has 1 N–H and O–H groups in total. The summed E-state index contributed by atoms with van der Waals surface area (Å²) in [6.07, 6.45) is 5.38. The highest BCUT2D eigenvalue weighted by atomic mass is 16.5. The number of aliphatic carboxylic acids is 1. The van der Waals surface area contributed by atoms with Crippen molar-refractivity contribution >= 4 is 5.97 Å². The van der Waals surface area contributed by atoms with E-state index in [1.54, 1.807) is 6.08 Å². The van der Waals surface area contributed by atoms with E-state index in [0.29, 0.717) is 5.76 Å². The lowest BCUT2D eigenvalue weighted by Crippen LogP contribution is -2.05. The van der Waals surface area contributed by atoms with E-state index >= 15 is 0 Å². The molecule has 0 saturated carbocycles. The molecular formula is C12H20O3. The molecule has 0 saturated heterocycles. The van der Waals surface area contributed by atoms with Crippen molar-refractivity contribution < 1.29 is 14.6 Å². The summed E-state index contributed by atoms with van der Waals surface area (Å²) in [5.74, 6) is -0.652. The lowest BCUT2D eigenvalue weighted by molar-refractivity contribution is -0.140. The van der Waals surface area contributed by atoms with Gasteiger partial charge in [0.15, 0.2) is 6.61 Å². The van der Waals surface area contributed by atoms with Crippen molar-refractivity contribution in [1.29, 1.82) is 0 Å². The molecule has 0 aromatic rings. The molecule has 0 aliphatic heterocycles. The van der Waals surface area contributed by atoms with E-state index in [2.05, 4.69) is 6.58 Å². The van der Waals surface area contributed by atoms with Gasteiger partial charge in [-0.3, -0.25) is 0 Å². The monoisotopic (exact) mass is 212 g/mol. The van der Waals surface area contributed by atoms with Crippen LogP contribution in [0, 0.1) is 0 Å². The molecule has 0 aliphatic carbocycles. The highest BCUT2D eigenvalue weighted by Gasteiger charge is 1.96. The van der Waals surface area contributed by atoms with Gasteiger partial charge in [0.25, 0.3) is 0 Å². The third-order valence-electron chi connectivity index (χ3n) is 1.37. The molecule has 0 aromatic carbocycles. The standard InChI is InChI=1S/C10H14O3.C2H6/c1-4-8(2)5-6-9(3)13-7-10(11)12;1-2/h4-6H,3,7H2,1-2H3,(H,11,12);1-2H3/b6-5-,8-4-;. The highest BCUT2D eigenvalue weighted by molar-refractivity contribution is 5.68. The van der Waals surface area contributed by atoms with Crippen molar-refractivity contribution in [1.82, 2.24) is 0 Å². The number of carbonyl (C=O) groups is 1. The van der Waals surface area contributed by atoms with E-state index in [4.69, 9.17) is 9.84 Å². The van der Waals surface area contributed by atoms with Gasteiger partial charge in [0.05, 0.1) is 0 Å². The topological polar surface area (TPSA) is 46.5 Å². The minimum atomic E-state index is -1.00. The summed E-state index contributed by atoms with van der Waals surface area (Å²) in [6.45, 7) is 11.0. The van der Waals surface area contributed by atoms with Crippen LogP contribution in [0.15, 0.2) is 36.1 Å². The van der Waals surface area contributed by atoms with Gasteiger partial charge in [-0.15, -0.1) is 0 Å². The van der Waals surface area contributed by atoms with E-state index < -0.39 is 5.97 Å². The number of carboxylic acids is 1. The number of carboxylic acid groups (broad SMARTS) is 1. The minimum absolute atomic E-state index is 0.349. The molecule has 0 rings (SSSR count). The summed E-state index contributed by atoms with van der Waals surface area (Å²) in [6, 6.07) is 0. The Balaban J connectivity index is 0. The summed E-state index contributed by atoms with van der Waals surface area (Å²) in [5, 5.41) is 8.28. The maximum absolute atomic E-state index is 10.1. The normalized spacial score (nSPS) is 10.5. The zero-order valence-electron chi connectivity index (χ0n) is 9.91. The van der Waals surface area contributed by atoms with Gasteiger partial charge in [-0.25, -0.2) is 4.79 Å². The lowest BCUT2D eigenvalue weighted by atomic mass is 10.2. The van der Waals surface area contributed by atoms with Crippen LogP contribution in [-0.4, -0.2) is 17.7 Å². The molecular weight excluding hydrogens is 192 g/mol. The summed E-state index contributed by atoms with van der Waals surface area (Å²) in [4.78, 5) is 10.1. The van der Waals surface area contributed by atoms with Crippen LogP contribution in [0.25, 0.3) is 0 Å². The van der Waals surface area contributed by atoms with Gasteiger partial charge in [0, 0.05) is 0 Å². The van der Waals surface area contributed by atoms with Crippen LogP contribution in [-0.2, 0) is 9.53 Å². The van der Waals surface area contributed by atoms with Crippen LogP contribution in [0.2, 0.25) is 0 Å². The molecule has 0 amide bonds. The number of ether oxygens (including phenoxy) is 1. The first-order valence-electron chi connectivity index (χ1n) is 4.90. The average Bonchev–Trinajstić information content (AvgIpc) is 2.25. The molecule has 0 radical (unpaired) electrons. The Morgan fingerprint density at radius 2 is 1.93 bits per heavy atom. The average molecular weight is 212 g/mol. The summed E-state index contributed by atoms with van der Waals surface area (Å²) in [5.41, 5.74) is 1.07. The zero-order valence-corrected chi connectivity index (χ0v) is 9.91. The largest absolute Gasteiger partial charge is 0.483 e. The first-order chi connectivity index (χ1) is 7.06. The molecule has 0 aliphatic rings. The molecule has 0 fully saturated rings. The van der Waals surface area contributed by atoms with Crippen molar-refractivity contribution in [2.24, 2.45) is 0 Å². The second-order valence-electron chi connectivity index (χ2n) is 2.51. The fourth-order valence-corrected chi connectivity index (χ4v) is 0.523. The SMILES string of the molecule is C=C(/C=C\C(C)=C/C)OCC(=O)O.CC. The smallest absolute Gasteiger partial charge is 0.341 e. The Labute approximate surface area is 91.8 Å². The van der Waals surface area contributed by atoms with Gasteiger partial charge in [0.1, 0.15) is 5.76 Å². The van der Waals surface area contributed by atoms with Crippen LogP contribution in [0.3, 0.4) is 0 Å². The van der Waals surface area contributed by atoms with Crippen molar-refractivity contribution in [3.63, 3.8) is 0 Å². The van der Waals surface area contributed by atoms with Gasteiger partial charge in [-0.05, 0) is 19.9 Å². The minimum Gasteiger partial charge on any atom is -0.483 e. The van der Waals surface area contributed by atoms with Crippen molar-refractivity contribution in [2.75, 3.05) is 6.61 Å². The molecule has 0 spiro atoms. The second-order valence-corrected chi connectivity index (χ2v) is 2.51. The van der Waals surface area contributed by atoms with Crippen LogP contribution in [0.5, 0.6) is 0 Å². The molecule has 3 nitrogen and oxygen atoms in total. The van der Waals surface area contributed by atoms with Gasteiger partial charge >= 0.3 is 5.97 Å². The number of allylic oxidation sites excluding steroid dienone is 4. The van der Waals surface area contributed by atoms with Crippen molar-refractivity contribution in [3.05, 3.63) is 36.1 Å². The fraction of sp³-hybridized carbons (Fsp3) is 0.417. The Morgan fingerprint density at radius 1 is 1.40 bits per heavy atom. The maximum Gasteiger partial charge on any atom is 0.341 e. The van der Waals surface area contributed by atoms with Crippen molar-refractivity contribution in [3.8, 4) is 0 Å². The third-order valence-corrected chi connectivity index (χ3v) is 1.37. The molecule has 0 unspecified atom stereocenters. The number of hydrogen-bond donors (Lipinski definition) is 1. The van der Waals surface area contributed by atoms with Gasteiger partial charge in [-0.1, -0.05) is 38.2 Å². The van der Waals surface area contributed by atoms with Gasteiger partial charge in [0.2, 0.25) is 0 Å². The summed E-state index contributed by atoms with van der Waals surface area (Å²) < 4.78 is 4.79. The van der Waals surface area contributed by atoms with Crippen LogP contribution < -0.4 is 0 Å². The lowest BCUT2D eigenvalue weighted by Gasteiger charge is -2.00. The number of rotatable bonds is 5. The quantitative estimate of drug-likeness (QED) is 0.562. The Bertz CT molecular complexity index is 250. The molecule has 15 heavy (non-hydrogen) atoms. The molecule has 0 atom stereocenters. The predicted octanol–water partition coefficient (Wildman–Crippen LogP) is 3.15. The zero-order chi connectivity index (χ0) is 12.3. The van der Waals surface area contributed by atoms with Crippen molar-refractivity contribution in [2.45, 2.75) is 27.7 Å². The predicted molar refractivity (Wildman–Crippen MR) is 62.6 cm³/mol. The van der Waals surface area contributed by atoms with E-state index in [0.717, 1.165) is 5.57 Å². The van der Waals surface area contributed by atoms with Crippen LogP contribution in [0.4, 0.5) is 0 Å². The Hall–Kier alpha value is -1.51. The van der Waals surface area contributed by atoms with E-state index in [1.165, 1.54) is 0 Å². The van der Waals surface area contributed by atoms with E-state index in [9.17, 15) is 4.79 Å². The molecule has 0 aromatic heterocycles. The maximum atomic E-state index is 10.1. The molecule has 0 heterocycles. The van der Waals surface area contributed by atoms with Crippen LogP contribution >= 0.6 is 0 Å². The molecule has 0 bridgehead atoms. The first-order valence-corrected chi connectivity index (χ1v) is 4.90. The third kappa shape index (κ3) is 12.5. The molecule has 86 valence electrons. The fourth-order valence-electron chi connectivity index (χ4n) is 0.523. The van der Waals surface area contributed by atoms with E-state index in [-0.39, 0.29) is 6.61 Å². The Kier molecular flexibility index (Phi) is 11.2. The first kappa shape index (κ1) is 15.9. The van der Waals surface area contributed by atoms with Gasteiger partial charge < -0.3 is 9.84 Å². The van der Waals surface area contributed by atoms with Gasteiger partial charge in [-0.2, -0.15) is 0 Å². The van der Waals surface area contributed by atoms with E-state index in [1.807, 2.05) is 39.8 Å². The highest BCUT2D eigenvalue weighted by Crippen LogP contribution is 2.00. The Morgan fingerprint density at radius 3 is 2.33 bits per heavy atom.